The van der Waals surface area contributed by atoms with Crippen molar-refractivity contribution in [3.05, 3.63) is 29.8 Å². The predicted octanol–water partition coefficient (Wildman–Crippen LogP) is 1.81. The van der Waals surface area contributed by atoms with Crippen LogP contribution >= 0.6 is 0 Å². The molecule has 2 amide bonds. The molecule has 2 aliphatic rings. The van der Waals surface area contributed by atoms with E-state index in [-0.39, 0.29) is 18.4 Å². The highest BCUT2D eigenvalue weighted by Gasteiger charge is 2.60. The molecule has 0 saturated carbocycles. The summed E-state index contributed by atoms with van der Waals surface area (Å²) in [6.07, 6.45) is 1.09. The molecule has 23 heavy (non-hydrogen) atoms. The van der Waals surface area contributed by atoms with Crippen LogP contribution in [0.3, 0.4) is 0 Å². The maximum absolute atomic E-state index is 13.0. The third kappa shape index (κ3) is 2.20. The summed E-state index contributed by atoms with van der Waals surface area (Å²) < 4.78 is 5.16. The number of ether oxygens (including phenoxy) is 1. The minimum atomic E-state index is -1.56. The number of hydrogen-bond acceptors (Lipinski definition) is 4. The lowest BCUT2D eigenvalue weighted by Gasteiger charge is -2.32. The lowest BCUT2D eigenvalue weighted by atomic mass is 9.90. The summed E-state index contributed by atoms with van der Waals surface area (Å²) in [6, 6.07) is 6.82. The number of amides is 2. The highest BCUT2D eigenvalue weighted by atomic mass is 16.5. The maximum atomic E-state index is 13.0. The lowest BCUT2D eigenvalue weighted by Crippen LogP contribution is -2.59. The zero-order valence-electron chi connectivity index (χ0n) is 13.3. The van der Waals surface area contributed by atoms with Crippen molar-refractivity contribution in [3.8, 4) is 0 Å². The van der Waals surface area contributed by atoms with Crippen LogP contribution in [-0.2, 0) is 14.3 Å². The molecular formula is C17H20N2O4. The molecule has 1 aromatic rings. The quantitative estimate of drug-likeness (QED) is 0.681. The topological polar surface area (TPSA) is 75.7 Å². The number of fused-ring (bicyclic) bond motifs is 2. The zero-order chi connectivity index (χ0) is 16.6. The Morgan fingerprint density at radius 3 is 2.78 bits per heavy atom. The number of esters is 1. The van der Waals surface area contributed by atoms with Gasteiger partial charge in [0.05, 0.1) is 17.9 Å². The number of benzene rings is 1. The number of anilines is 1. The summed E-state index contributed by atoms with van der Waals surface area (Å²) in [6.45, 7) is 4.23. The predicted molar refractivity (Wildman–Crippen MR) is 83.9 cm³/mol. The molecule has 0 aliphatic carbocycles. The van der Waals surface area contributed by atoms with Gasteiger partial charge in [0.1, 0.15) is 0 Å². The first-order chi connectivity index (χ1) is 11.0. The highest BCUT2D eigenvalue weighted by molar-refractivity contribution is 6.20. The van der Waals surface area contributed by atoms with Crippen molar-refractivity contribution in [3.63, 3.8) is 0 Å². The smallest absolute Gasteiger partial charge is 0.342 e. The van der Waals surface area contributed by atoms with E-state index in [0.29, 0.717) is 24.2 Å². The summed E-state index contributed by atoms with van der Waals surface area (Å²) in [5, 5.41) is 2.75. The number of hydrogen-bond donors (Lipinski definition) is 1. The molecule has 2 unspecified atom stereocenters. The van der Waals surface area contributed by atoms with Crippen LogP contribution in [0.15, 0.2) is 24.3 Å². The number of nitrogens with one attached hydrogen (secondary N) is 1. The first-order valence-corrected chi connectivity index (χ1v) is 7.94. The first kappa shape index (κ1) is 15.5. The van der Waals surface area contributed by atoms with Crippen molar-refractivity contribution >= 4 is 23.5 Å². The van der Waals surface area contributed by atoms with Crippen molar-refractivity contribution in [2.24, 2.45) is 5.92 Å². The van der Waals surface area contributed by atoms with E-state index in [2.05, 4.69) is 5.32 Å². The Hall–Kier alpha value is -2.37. The third-order valence-electron chi connectivity index (χ3n) is 4.70. The second kappa shape index (κ2) is 5.68. The Morgan fingerprint density at radius 2 is 2.09 bits per heavy atom. The molecule has 1 fully saturated rings. The van der Waals surface area contributed by atoms with Crippen LogP contribution in [-0.4, -0.2) is 41.4 Å². The van der Waals surface area contributed by atoms with E-state index in [1.807, 2.05) is 6.92 Å². The summed E-state index contributed by atoms with van der Waals surface area (Å²) in [5.41, 5.74) is -0.718. The lowest BCUT2D eigenvalue weighted by molar-refractivity contribution is -0.158. The van der Waals surface area contributed by atoms with Gasteiger partial charge in [-0.25, -0.2) is 4.79 Å². The summed E-state index contributed by atoms with van der Waals surface area (Å²) in [7, 11) is 0. The van der Waals surface area contributed by atoms with E-state index in [4.69, 9.17) is 4.74 Å². The van der Waals surface area contributed by atoms with E-state index in [1.165, 1.54) is 4.90 Å². The maximum Gasteiger partial charge on any atom is 0.342 e. The molecule has 3 rings (SSSR count). The van der Waals surface area contributed by atoms with Crippen LogP contribution in [0.2, 0.25) is 0 Å². The first-order valence-electron chi connectivity index (χ1n) is 7.94. The van der Waals surface area contributed by atoms with E-state index in [9.17, 15) is 14.4 Å². The minimum absolute atomic E-state index is 0.0966. The number of para-hydroxylation sites is 1. The summed E-state index contributed by atoms with van der Waals surface area (Å²) in [5.74, 6) is -1.33. The van der Waals surface area contributed by atoms with Crippen molar-refractivity contribution < 1.29 is 19.1 Å². The number of nitrogens with zero attached hydrogens (tertiary/aromatic N) is 1. The molecule has 2 atom stereocenters. The molecule has 2 heterocycles. The van der Waals surface area contributed by atoms with Crippen molar-refractivity contribution in [1.29, 1.82) is 0 Å². The van der Waals surface area contributed by atoms with Gasteiger partial charge in [0.2, 0.25) is 5.54 Å². The average Bonchev–Trinajstić information content (AvgIpc) is 2.92. The molecule has 0 spiro atoms. The number of rotatable bonds is 3. The van der Waals surface area contributed by atoms with Gasteiger partial charge < -0.3 is 15.0 Å². The highest BCUT2D eigenvalue weighted by Crippen LogP contribution is 2.40. The number of carbonyl (C=O) groups excluding carboxylic acids is 3. The molecule has 6 nitrogen and oxygen atoms in total. The Bertz CT molecular complexity index is 672. The van der Waals surface area contributed by atoms with Crippen molar-refractivity contribution in [2.75, 3.05) is 18.5 Å². The fourth-order valence-electron chi connectivity index (χ4n) is 3.44. The largest absolute Gasteiger partial charge is 0.464 e. The van der Waals surface area contributed by atoms with Gasteiger partial charge in [-0.3, -0.25) is 9.59 Å². The second-order valence-corrected chi connectivity index (χ2v) is 5.97. The summed E-state index contributed by atoms with van der Waals surface area (Å²) >= 11 is 0. The van der Waals surface area contributed by atoms with Gasteiger partial charge in [-0.1, -0.05) is 25.5 Å². The molecule has 0 bridgehead atoms. The SMILES string of the molecule is CCOC(=O)C12CC(CC)CN1C(=O)c1ccccc1NC2=O. The Labute approximate surface area is 134 Å². The third-order valence-corrected chi connectivity index (χ3v) is 4.70. The minimum Gasteiger partial charge on any atom is -0.464 e. The molecule has 0 aromatic heterocycles. The molecule has 1 aromatic carbocycles. The van der Waals surface area contributed by atoms with Crippen LogP contribution in [0.4, 0.5) is 5.69 Å². The summed E-state index contributed by atoms with van der Waals surface area (Å²) in [4.78, 5) is 39.9. The van der Waals surface area contributed by atoms with Crippen LogP contribution in [0.5, 0.6) is 0 Å². The monoisotopic (exact) mass is 316 g/mol. The van der Waals surface area contributed by atoms with Crippen molar-refractivity contribution in [1.82, 2.24) is 4.90 Å². The average molecular weight is 316 g/mol. The molecule has 2 aliphatic heterocycles. The molecule has 122 valence electrons. The van der Waals surface area contributed by atoms with E-state index in [1.54, 1.807) is 31.2 Å². The fourth-order valence-corrected chi connectivity index (χ4v) is 3.44. The fraction of sp³-hybridized carbons (Fsp3) is 0.471. The van der Waals surface area contributed by atoms with Crippen LogP contribution in [0.25, 0.3) is 0 Å². The van der Waals surface area contributed by atoms with E-state index in [0.717, 1.165) is 6.42 Å². The normalized spacial score (nSPS) is 26.2. The van der Waals surface area contributed by atoms with Gasteiger partial charge in [-0.05, 0) is 31.4 Å². The molecule has 1 saturated heterocycles. The zero-order valence-corrected chi connectivity index (χ0v) is 13.3. The van der Waals surface area contributed by atoms with E-state index >= 15 is 0 Å². The Kier molecular flexibility index (Phi) is 3.83. The van der Waals surface area contributed by atoms with Gasteiger partial charge in [0.15, 0.2) is 0 Å². The molecular weight excluding hydrogens is 296 g/mol. The van der Waals surface area contributed by atoms with Crippen LogP contribution in [0, 0.1) is 5.92 Å². The molecule has 6 heteroatoms. The second-order valence-electron chi connectivity index (χ2n) is 5.97. The standard InChI is InChI=1S/C17H20N2O4/c1-3-11-9-17(16(22)23-4-2)15(21)18-13-8-6-5-7-12(13)14(20)19(17)10-11/h5-8,11H,3-4,9-10H2,1-2H3,(H,18,21). The van der Waals surface area contributed by atoms with Gasteiger partial charge in [0, 0.05) is 6.54 Å². The van der Waals surface area contributed by atoms with Gasteiger partial charge in [-0.2, -0.15) is 0 Å². The Morgan fingerprint density at radius 1 is 1.35 bits per heavy atom. The molecule has 1 N–H and O–H groups in total. The van der Waals surface area contributed by atoms with Crippen LogP contribution in [0.1, 0.15) is 37.0 Å². The van der Waals surface area contributed by atoms with Crippen molar-refractivity contribution in [2.45, 2.75) is 32.2 Å². The van der Waals surface area contributed by atoms with Gasteiger partial charge >= 0.3 is 5.97 Å². The molecule has 0 radical (unpaired) electrons. The Balaban J connectivity index is 2.13. The number of carbonyl (C=O) groups is 3. The van der Waals surface area contributed by atoms with Crippen LogP contribution < -0.4 is 5.32 Å². The van der Waals surface area contributed by atoms with Gasteiger partial charge in [0.25, 0.3) is 11.8 Å². The van der Waals surface area contributed by atoms with Gasteiger partial charge in [-0.15, -0.1) is 0 Å². The van der Waals surface area contributed by atoms with E-state index < -0.39 is 17.4 Å².